The zero-order chi connectivity index (χ0) is 32.1. The quantitative estimate of drug-likeness (QED) is 0.181. The molecular formula is C34H38N2O9. The second-order valence-electron chi connectivity index (χ2n) is 10.8. The summed E-state index contributed by atoms with van der Waals surface area (Å²) >= 11 is 0. The lowest BCUT2D eigenvalue weighted by Gasteiger charge is -2.37. The predicted octanol–water partition coefficient (Wildman–Crippen LogP) is 3.51. The Morgan fingerprint density at radius 3 is 1.98 bits per heavy atom. The zero-order valence-electron chi connectivity index (χ0n) is 25.8. The molecule has 1 fully saturated rings. The zero-order valence-corrected chi connectivity index (χ0v) is 25.8. The van der Waals surface area contributed by atoms with Crippen LogP contribution in [0.25, 0.3) is 0 Å². The molecule has 2 heterocycles. The molecule has 0 amide bonds. The number of nitrogens with zero attached hydrogens (tertiary/aromatic N) is 1. The van der Waals surface area contributed by atoms with Crippen LogP contribution in [-0.4, -0.2) is 67.2 Å². The van der Waals surface area contributed by atoms with E-state index in [2.05, 4.69) is 4.98 Å². The van der Waals surface area contributed by atoms with Crippen molar-refractivity contribution < 1.29 is 33.5 Å². The van der Waals surface area contributed by atoms with E-state index in [1.165, 1.54) is 17.9 Å². The number of aromatic nitrogens is 2. The molecule has 1 saturated heterocycles. The first-order chi connectivity index (χ1) is 21.7. The van der Waals surface area contributed by atoms with Crippen LogP contribution < -0.4 is 20.7 Å². The van der Waals surface area contributed by atoms with Crippen molar-refractivity contribution in [1.29, 1.82) is 0 Å². The van der Waals surface area contributed by atoms with Gasteiger partial charge in [0.1, 0.15) is 35.4 Å². The number of nitrogens with one attached hydrogen (secondary N) is 1. The van der Waals surface area contributed by atoms with E-state index in [-0.39, 0.29) is 6.61 Å². The second-order valence-corrected chi connectivity index (χ2v) is 10.8. The number of hydrogen-bond acceptors (Lipinski definition) is 9. The molecule has 3 aromatic carbocycles. The van der Waals surface area contributed by atoms with Crippen molar-refractivity contribution in [2.75, 3.05) is 27.9 Å². The Kier molecular flexibility index (Phi) is 9.86. The van der Waals surface area contributed by atoms with Gasteiger partial charge in [-0.15, -0.1) is 0 Å². The molecule has 4 aromatic rings. The van der Waals surface area contributed by atoms with Crippen LogP contribution in [0.1, 0.15) is 35.4 Å². The van der Waals surface area contributed by atoms with E-state index in [9.17, 15) is 14.7 Å². The molecule has 0 spiro atoms. The highest BCUT2D eigenvalue weighted by atomic mass is 16.7. The van der Waals surface area contributed by atoms with Crippen LogP contribution in [0.2, 0.25) is 0 Å². The van der Waals surface area contributed by atoms with Crippen LogP contribution in [0.3, 0.4) is 0 Å². The Morgan fingerprint density at radius 1 is 0.889 bits per heavy atom. The van der Waals surface area contributed by atoms with E-state index >= 15 is 0 Å². The predicted molar refractivity (Wildman–Crippen MR) is 166 cm³/mol. The number of H-pyrrole nitrogens is 1. The molecule has 1 aromatic heterocycles. The molecule has 1 aliphatic heterocycles. The summed E-state index contributed by atoms with van der Waals surface area (Å²) in [6.45, 7) is 3.14. The van der Waals surface area contributed by atoms with Gasteiger partial charge in [-0.05, 0) is 54.8 Å². The summed E-state index contributed by atoms with van der Waals surface area (Å²) in [6.07, 6.45) is -3.61. The molecule has 0 radical (unpaired) electrons. The van der Waals surface area contributed by atoms with Gasteiger partial charge in [-0.3, -0.25) is 14.3 Å². The molecule has 0 saturated carbocycles. The first-order valence-corrected chi connectivity index (χ1v) is 14.5. The van der Waals surface area contributed by atoms with Crippen LogP contribution in [0.4, 0.5) is 0 Å². The number of aryl methyl sites for hydroxylation is 1. The van der Waals surface area contributed by atoms with Crippen molar-refractivity contribution in [3.05, 3.63) is 128 Å². The summed E-state index contributed by atoms with van der Waals surface area (Å²) < 4.78 is 36.6. The molecule has 45 heavy (non-hydrogen) atoms. The van der Waals surface area contributed by atoms with Gasteiger partial charge in [0, 0.05) is 18.9 Å². The van der Waals surface area contributed by atoms with E-state index in [1.54, 1.807) is 28.1 Å². The van der Waals surface area contributed by atoms with Gasteiger partial charge < -0.3 is 33.5 Å². The third-order valence-electron chi connectivity index (χ3n) is 8.05. The van der Waals surface area contributed by atoms with Crippen molar-refractivity contribution in [3.63, 3.8) is 0 Å². The van der Waals surface area contributed by atoms with Crippen LogP contribution in [0.15, 0.2) is 94.6 Å². The smallest absolute Gasteiger partial charge is 0.330 e. The number of benzene rings is 3. The number of aliphatic hydroxyl groups excluding tert-OH is 1. The minimum atomic E-state index is -1.23. The van der Waals surface area contributed by atoms with Gasteiger partial charge in [-0.1, -0.05) is 54.6 Å². The maximum atomic E-state index is 12.9. The van der Waals surface area contributed by atoms with Crippen molar-refractivity contribution in [1.82, 2.24) is 9.55 Å². The fraction of sp³-hybridized carbons (Fsp3) is 0.353. The summed E-state index contributed by atoms with van der Waals surface area (Å²) in [5.41, 5.74) is 0.365. The van der Waals surface area contributed by atoms with Gasteiger partial charge in [0.05, 0.1) is 20.8 Å². The molecule has 1 unspecified atom stereocenters. The summed E-state index contributed by atoms with van der Waals surface area (Å²) in [5.74, 6) is 1.36. The van der Waals surface area contributed by atoms with Gasteiger partial charge >= 0.3 is 5.69 Å². The Morgan fingerprint density at radius 2 is 1.44 bits per heavy atom. The number of methoxy groups -OCH3 is 3. The number of hydrogen-bond donors (Lipinski definition) is 2. The van der Waals surface area contributed by atoms with Crippen molar-refractivity contribution in [3.8, 4) is 11.5 Å². The SMILES string of the molecule is COc1ccc(C(OC[C@H]2O[C@@H](n3cc(C)c(=O)[nH]c3=O)[C@H](OC(C)OC)[C@@H]2O)(c2ccccc2)c2ccc(OC)cc2)cc1. The monoisotopic (exact) mass is 618 g/mol. The van der Waals surface area contributed by atoms with E-state index in [1.807, 2.05) is 78.9 Å². The summed E-state index contributed by atoms with van der Waals surface area (Å²) in [5, 5.41) is 11.6. The normalized spacial score (nSPS) is 20.6. The Bertz CT molecular complexity index is 1620. The summed E-state index contributed by atoms with van der Waals surface area (Å²) in [6, 6.07) is 24.9. The average molecular weight is 619 g/mol. The van der Waals surface area contributed by atoms with E-state index in [0.717, 1.165) is 16.7 Å². The summed E-state index contributed by atoms with van der Waals surface area (Å²) in [4.78, 5) is 27.3. The van der Waals surface area contributed by atoms with Crippen LogP contribution >= 0.6 is 0 Å². The highest BCUT2D eigenvalue weighted by Crippen LogP contribution is 2.43. The van der Waals surface area contributed by atoms with Gasteiger partial charge in [0.2, 0.25) is 0 Å². The standard InChI is InChI=1S/C34H38N2O9/c1-21-19-36(33(39)35-31(21)38)32-30(44-22(2)40-3)29(37)28(45-32)20-43-34(23-9-7-6-8-10-23,24-11-15-26(41-4)16-12-24)25-13-17-27(42-5)18-14-25/h6-19,22,28-30,32,37H,20H2,1-5H3,(H,35,38,39)/t22?,28-,29-,30-,32-/m1/s1. The molecule has 11 nitrogen and oxygen atoms in total. The van der Waals surface area contributed by atoms with Gasteiger partial charge in [-0.25, -0.2) is 4.79 Å². The summed E-state index contributed by atoms with van der Waals surface area (Å²) in [7, 11) is 4.68. The average Bonchev–Trinajstić information content (AvgIpc) is 3.37. The maximum absolute atomic E-state index is 12.9. The Balaban J connectivity index is 1.58. The van der Waals surface area contributed by atoms with Crippen molar-refractivity contribution >= 4 is 0 Å². The molecule has 1 aliphatic rings. The van der Waals surface area contributed by atoms with Crippen LogP contribution in [0.5, 0.6) is 11.5 Å². The van der Waals surface area contributed by atoms with Gasteiger partial charge in [-0.2, -0.15) is 0 Å². The largest absolute Gasteiger partial charge is 0.497 e. The molecule has 5 rings (SSSR count). The fourth-order valence-corrected chi connectivity index (χ4v) is 5.56. The highest BCUT2D eigenvalue weighted by Gasteiger charge is 2.48. The van der Waals surface area contributed by atoms with Crippen LogP contribution in [-0.2, 0) is 24.5 Å². The lowest BCUT2D eigenvalue weighted by Crippen LogP contribution is -2.42. The lowest BCUT2D eigenvalue weighted by molar-refractivity contribution is -0.182. The minimum Gasteiger partial charge on any atom is -0.497 e. The van der Waals surface area contributed by atoms with E-state index in [0.29, 0.717) is 17.1 Å². The number of ether oxygens (including phenoxy) is 6. The molecule has 0 bridgehead atoms. The van der Waals surface area contributed by atoms with Gasteiger partial charge in [0.15, 0.2) is 12.5 Å². The van der Waals surface area contributed by atoms with E-state index < -0.39 is 47.7 Å². The molecule has 238 valence electrons. The van der Waals surface area contributed by atoms with Crippen molar-refractivity contribution in [2.45, 2.75) is 50.3 Å². The first kappa shape index (κ1) is 32.1. The molecule has 11 heteroatoms. The Labute approximate surface area is 260 Å². The number of aromatic amines is 1. The first-order valence-electron chi connectivity index (χ1n) is 14.5. The fourth-order valence-electron chi connectivity index (χ4n) is 5.56. The molecule has 5 atom stereocenters. The topological polar surface area (TPSA) is 130 Å². The van der Waals surface area contributed by atoms with Gasteiger partial charge in [0.25, 0.3) is 5.56 Å². The third kappa shape index (κ3) is 6.44. The van der Waals surface area contributed by atoms with Crippen LogP contribution in [0, 0.1) is 6.92 Å². The molecule has 2 N–H and O–H groups in total. The number of aliphatic hydroxyl groups is 1. The third-order valence-corrected chi connectivity index (χ3v) is 8.05. The Hall–Kier alpha value is -4.26. The lowest BCUT2D eigenvalue weighted by atomic mass is 9.80. The minimum absolute atomic E-state index is 0.108. The van der Waals surface area contributed by atoms with Crippen molar-refractivity contribution in [2.24, 2.45) is 0 Å². The van der Waals surface area contributed by atoms with E-state index in [4.69, 9.17) is 28.4 Å². The maximum Gasteiger partial charge on any atom is 0.330 e. The molecular weight excluding hydrogens is 580 g/mol. The molecule has 0 aliphatic carbocycles. The second kappa shape index (κ2) is 13.8. The number of rotatable bonds is 12. The highest BCUT2D eigenvalue weighted by molar-refractivity contribution is 5.49.